The fourth-order valence-corrected chi connectivity index (χ4v) is 13.0. The summed E-state index contributed by atoms with van der Waals surface area (Å²) in [6, 6.07) is 0. The molecule has 0 rings (SSSR count). The first-order valence-corrected chi connectivity index (χ1v) is 42.3. The molecule has 0 aliphatic heterocycles. The molecular formula is C76H148O17P2. The van der Waals surface area contributed by atoms with E-state index in [-0.39, 0.29) is 25.7 Å². The molecular weight excluding hydrogens is 1250 g/mol. The Hall–Kier alpha value is -1.94. The molecule has 95 heavy (non-hydrogen) atoms. The number of aliphatic hydroxyl groups excluding tert-OH is 1. The summed E-state index contributed by atoms with van der Waals surface area (Å²) in [5.74, 6) is 0.949. The number of unbranched alkanes of at least 4 members (excludes halogenated alkanes) is 36. The number of carbonyl (C=O) groups excluding carboxylic acids is 4. The predicted molar refractivity (Wildman–Crippen MR) is 386 cm³/mol. The Morgan fingerprint density at radius 1 is 0.295 bits per heavy atom. The van der Waals surface area contributed by atoms with Crippen LogP contribution in [-0.4, -0.2) is 96.7 Å². The van der Waals surface area contributed by atoms with E-state index in [1.165, 1.54) is 180 Å². The van der Waals surface area contributed by atoms with Gasteiger partial charge in [0, 0.05) is 25.7 Å². The first kappa shape index (κ1) is 93.1. The Labute approximate surface area is 581 Å². The van der Waals surface area contributed by atoms with Crippen LogP contribution < -0.4 is 0 Å². The second-order valence-corrected chi connectivity index (χ2v) is 31.5. The SMILES string of the molecule is CCC(C)CCCCCCCCCCCCCCCCCCCCC(=O)OC[C@H](COP(=O)(O)OC[C@@H](O)COP(=O)(O)OC[C@@H](COC(=O)CCCCCCCCC(C)C)OC(=O)CCCCCCCCC(C)CC)OC(=O)CCCCCCCCCCCCC(C)CC. The molecule has 17 nitrogen and oxygen atoms in total. The normalized spacial score (nSPS) is 15.0. The highest BCUT2D eigenvalue weighted by Crippen LogP contribution is 2.45. The molecule has 0 aromatic rings. The van der Waals surface area contributed by atoms with Crippen LogP contribution in [0.5, 0.6) is 0 Å². The third kappa shape index (κ3) is 66.4. The molecule has 0 fully saturated rings. The van der Waals surface area contributed by atoms with Crippen LogP contribution in [0.1, 0.15) is 383 Å². The molecule has 0 amide bonds. The van der Waals surface area contributed by atoms with E-state index < -0.39 is 97.5 Å². The first-order chi connectivity index (χ1) is 45.7. The molecule has 8 atom stereocenters. The van der Waals surface area contributed by atoms with Crippen LogP contribution >= 0.6 is 15.6 Å². The van der Waals surface area contributed by atoms with E-state index >= 15 is 0 Å². The molecule has 0 saturated carbocycles. The van der Waals surface area contributed by atoms with Gasteiger partial charge in [-0.3, -0.25) is 37.3 Å². The van der Waals surface area contributed by atoms with Crippen molar-refractivity contribution in [2.24, 2.45) is 23.7 Å². The number of aliphatic hydroxyl groups is 1. The Bertz CT molecular complexity index is 1870. The van der Waals surface area contributed by atoms with Gasteiger partial charge in [-0.25, -0.2) is 9.13 Å². The average Bonchev–Trinajstić information content (AvgIpc) is 1.34. The van der Waals surface area contributed by atoms with Gasteiger partial charge in [-0.05, 0) is 49.4 Å². The molecule has 3 N–H and O–H groups in total. The van der Waals surface area contributed by atoms with Crippen molar-refractivity contribution < 1.29 is 80.2 Å². The summed E-state index contributed by atoms with van der Waals surface area (Å²) < 4.78 is 68.4. The molecule has 0 saturated heterocycles. The van der Waals surface area contributed by atoms with E-state index in [1.807, 2.05) is 0 Å². The van der Waals surface area contributed by atoms with Crippen molar-refractivity contribution in [2.75, 3.05) is 39.6 Å². The van der Waals surface area contributed by atoms with Crippen molar-refractivity contribution in [2.45, 2.75) is 401 Å². The molecule has 5 unspecified atom stereocenters. The summed E-state index contributed by atoms with van der Waals surface area (Å²) >= 11 is 0. The number of hydrogen-bond acceptors (Lipinski definition) is 15. The van der Waals surface area contributed by atoms with E-state index in [0.29, 0.717) is 31.6 Å². The maximum absolute atomic E-state index is 13.1. The highest BCUT2D eigenvalue weighted by Gasteiger charge is 2.30. The molecule has 0 aliphatic carbocycles. The highest BCUT2D eigenvalue weighted by atomic mass is 31.2. The molecule has 0 aromatic heterocycles. The number of esters is 4. The van der Waals surface area contributed by atoms with Crippen LogP contribution in [0.4, 0.5) is 0 Å². The molecule has 19 heteroatoms. The minimum Gasteiger partial charge on any atom is -0.462 e. The summed E-state index contributed by atoms with van der Waals surface area (Å²) in [5.41, 5.74) is 0. The molecule has 564 valence electrons. The number of phosphoric acid groups is 2. The lowest BCUT2D eigenvalue weighted by Gasteiger charge is -2.21. The van der Waals surface area contributed by atoms with Crippen molar-refractivity contribution in [3.63, 3.8) is 0 Å². The van der Waals surface area contributed by atoms with Crippen LogP contribution in [0, 0.1) is 23.7 Å². The Morgan fingerprint density at radius 3 is 0.747 bits per heavy atom. The van der Waals surface area contributed by atoms with E-state index in [4.69, 9.17) is 37.0 Å². The smallest absolute Gasteiger partial charge is 0.462 e. The fraction of sp³-hybridized carbons (Fsp3) is 0.947. The maximum atomic E-state index is 13.1. The minimum atomic E-state index is -4.96. The molecule has 0 spiro atoms. The summed E-state index contributed by atoms with van der Waals surface area (Å²) in [5, 5.41) is 10.6. The van der Waals surface area contributed by atoms with Crippen LogP contribution in [0.25, 0.3) is 0 Å². The van der Waals surface area contributed by atoms with E-state index in [9.17, 15) is 43.2 Å². The zero-order valence-electron chi connectivity index (χ0n) is 62.3. The maximum Gasteiger partial charge on any atom is 0.472 e. The van der Waals surface area contributed by atoms with Crippen LogP contribution in [0.2, 0.25) is 0 Å². The second kappa shape index (κ2) is 65.4. The first-order valence-electron chi connectivity index (χ1n) is 39.3. The monoisotopic (exact) mass is 1400 g/mol. The van der Waals surface area contributed by atoms with Gasteiger partial charge in [0.25, 0.3) is 0 Å². The van der Waals surface area contributed by atoms with Gasteiger partial charge in [-0.2, -0.15) is 0 Å². The minimum absolute atomic E-state index is 0.102. The van der Waals surface area contributed by atoms with E-state index in [2.05, 4.69) is 55.4 Å². The second-order valence-electron chi connectivity index (χ2n) is 28.6. The standard InChI is InChI=1S/C76H148O17P2/c1-9-67(6)53-45-37-28-24-20-18-16-14-12-13-15-17-19-21-26-30-40-48-56-73(78)86-62-71(92-75(80)58-50-42-31-27-23-22-25-29-38-46-54-68(7)10-2)64-90-94(82,83)88-60-70(77)61-89-95(84,85)91-65-72(63-87-74(79)57-49-41-34-32-36-44-52-66(4)5)93-76(81)59-51-43-35-33-39-47-55-69(8)11-3/h66-72,77H,9-65H2,1-8H3,(H,82,83)(H,84,85)/t67?,68?,69?,70-,71-,72-/m1/s1. The van der Waals surface area contributed by atoms with Crippen LogP contribution in [0.15, 0.2) is 0 Å². The molecule has 0 aliphatic rings. The number of hydrogen-bond donors (Lipinski definition) is 3. The van der Waals surface area contributed by atoms with Gasteiger partial charge < -0.3 is 33.8 Å². The number of phosphoric ester groups is 2. The van der Waals surface area contributed by atoms with Crippen molar-refractivity contribution in [3.05, 3.63) is 0 Å². The Balaban J connectivity index is 5.16. The Kier molecular flexibility index (Phi) is 64.0. The van der Waals surface area contributed by atoms with Crippen molar-refractivity contribution in [3.8, 4) is 0 Å². The average molecular weight is 1400 g/mol. The fourth-order valence-electron chi connectivity index (χ4n) is 11.5. The lowest BCUT2D eigenvalue weighted by atomic mass is 9.99. The summed E-state index contributed by atoms with van der Waals surface area (Å²) in [6.45, 7) is 14.2. The predicted octanol–water partition coefficient (Wildman–Crippen LogP) is 22.0. The summed E-state index contributed by atoms with van der Waals surface area (Å²) in [4.78, 5) is 72.7. The topological polar surface area (TPSA) is 237 Å². The van der Waals surface area contributed by atoms with E-state index in [0.717, 1.165) is 114 Å². The van der Waals surface area contributed by atoms with Crippen LogP contribution in [0.3, 0.4) is 0 Å². The van der Waals surface area contributed by atoms with Gasteiger partial charge in [0.1, 0.15) is 19.3 Å². The zero-order valence-corrected chi connectivity index (χ0v) is 64.1. The molecule has 0 aromatic carbocycles. The third-order valence-corrected chi connectivity index (χ3v) is 20.6. The Morgan fingerprint density at radius 2 is 0.505 bits per heavy atom. The van der Waals surface area contributed by atoms with E-state index in [1.54, 1.807) is 0 Å². The van der Waals surface area contributed by atoms with Gasteiger partial charge in [0.05, 0.1) is 26.4 Å². The van der Waals surface area contributed by atoms with Crippen LogP contribution in [-0.2, 0) is 65.4 Å². The lowest BCUT2D eigenvalue weighted by Crippen LogP contribution is -2.30. The highest BCUT2D eigenvalue weighted by molar-refractivity contribution is 7.47. The summed E-state index contributed by atoms with van der Waals surface area (Å²) in [7, 11) is -9.91. The van der Waals surface area contributed by atoms with Gasteiger partial charge in [0.2, 0.25) is 0 Å². The van der Waals surface area contributed by atoms with Gasteiger partial charge in [-0.15, -0.1) is 0 Å². The quantitative estimate of drug-likeness (QED) is 0.0222. The zero-order chi connectivity index (χ0) is 70.3. The molecule has 0 bridgehead atoms. The lowest BCUT2D eigenvalue weighted by molar-refractivity contribution is -0.161. The largest absolute Gasteiger partial charge is 0.472 e. The number of rotatable bonds is 73. The molecule has 0 heterocycles. The van der Waals surface area contributed by atoms with Gasteiger partial charge >= 0.3 is 39.5 Å². The van der Waals surface area contributed by atoms with Crippen molar-refractivity contribution in [1.29, 1.82) is 0 Å². The van der Waals surface area contributed by atoms with Crippen molar-refractivity contribution >= 4 is 39.5 Å². The van der Waals surface area contributed by atoms with Gasteiger partial charge in [0.15, 0.2) is 12.2 Å². The number of ether oxygens (including phenoxy) is 4. The van der Waals surface area contributed by atoms with Crippen molar-refractivity contribution in [1.82, 2.24) is 0 Å². The number of carbonyl (C=O) groups is 4. The summed E-state index contributed by atoms with van der Waals surface area (Å²) in [6.07, 6.45) is 50.2. The van der Waals surface area contributed by atoms with Gasteiger partial charge in [-0.1, -0.05) is 331 Å². The third-order valence-electron chi connectivity index (χ3n) is 18.7. The molecule has 0 radical (unpaired) electrons.